The highest BCUT2D eigenvalue weighted by Gasteiger charge is 2.21. The van der Waals surface area contributed by atoms with Crippen LogP contribution in [0.25, 0.3) is 5.73 Å². The first-order valence-corrected chi connectivity index (χ1v) is 3.96. The van der Waals surface area contributed by atoms with Crippen LogP contribution in [0.1, 0.15) is 26.0 Å². The van der Waals surface area contributed by atoms with Gasteiger partial charge in [0.2, 0.25) is 0 Å². The number of nitrogens with one attached hydrogen (secondary N) is 1. The van der Waals surface area contributed by atoms with Crippen molar-refractivity contribution < 1.29 is 19.0 Å². The van der Waals surface area contributed by atoms with E-state index in [-0.39, 0.29) is 5.88 Å². The summed E-state index contributed by atoms with van der Waals surface area (Å²) in [7, 11) is 0. The van der Waals surface area contributed by atoms with Gasteiger partial charge in [0, 0.05) is 13.3 Å². The Kier molecular flexibility index (Phi) is 2.84. The molecule has 1 N–H and O–H groups in total. The molecule has 1 aromatic heterocycles. The van der Waals surface area contributed by atoms with Gasteiger partial charge in [-0.05, 0) is 6.42 Å². The summed E-state index contributed by atoms with van der Waals surface area (Å²) in [6.07, 6.45) is 1.42. The molecule has 0 aliphatic carbocycles. The maximum absolute atomic E-state index is 10.6. The highest BCUT2D eigenvalue weighted by atomic mass is 16.7. The molecule has 0 aromatic carbocycles. The van der Waals surface area contributed by atoms with E-state index in [0.29, 0.717) is 12.1 Å². The fourth-order valence-corrected chi connectivity index (χ4v) is 0.906. The Hall–Kier alpha value is -1.59. The van der Waals surface area contributed by atoms with Crippen molar-refractivity contribution >= 4 is 11.9 Å². The first kappa shape index (κ1) is 9.50. The Morgan fingerprint density at radius 2 is 2.46 bits per heavy atom. The molecule has 0 saturated heterocycles. The van der Waals surface area contributed by atoms with Crippen LogP contribution in [0.4, 0.5) is 5.88 Å². The van der Waals surface area contributed by atoms with Crippen molar-refractivity contribution in [2.45, 2.75) is 26.7 Å². The second kappa shape index (κ2) is 3.88. The molecule has 0 fully saturated rings. The van der Waals surface area contributed by atoms with E-state index < -0.39 is 5.97 Å². The van der Waals surface area contributed by atoms with Crippen LogP contribution in [0.2, 0.25) is 0 Å². The van der Waals surface area contributed by atoms with Gasteiger partial charge in [-0.2, -0.15) is 4.84 Å². The lowest BCUT2D eigenvalue weighted by Gasteiger charge is -1.92. The van der Waals surface area contributed by atoms with Gasteiger partial charge in [0.25, 0.3) is 11.0 Å². The summed E-state index contributed by atoms with van der Waals surface area (Å²) in [6, 6.07) is 0. The minimum Gasteiger partial charge on any atom is -0.660 e. The van der Waals surface area contributed by atoms with E-state index in [1.807, 2.05) is 6.92 Å². The van der Waals surface area contributed by atoms with Crippen LogP contribution in [0.5, 0.6) is 0 Å². The number of aromatic nitrogens is 2. The molecule has 6 nitrogen and oxygen atoms in total. The Labute approximate surface area is 75.2 Å². The molecule has 1 heterocycles. The molecule has 0 saturated carbocycles. The summed E-state index contributed by atoms with van der Waals surface area (Å²) in [6.45, 7) is 3.21. The molecule has 0 aliphatic heterocycles. The van der Waals surface area contributed by atoms with Crippen LogP contribution < -0.4 is 9.68 Å². The van der Waals surface area contributed by atoms with Crippen molar-refractivity contribution in [2.75, 3.05) is 0 Å². The van der Waals surface area contributed by atoms with E-state index in [4.69, 9.17) is 5.73 Å². The van der Waals surface area contributed by atoms with Gasteiger partial charge in [-0.15, -0.1) is 0 Å². The molecule has 0 atom stereocenters. The summed E-state index contributed by atoms with van der Waals surface area (Å²) >= 11 is 0. The SMILES string of the molecule is CCCc1c([NH-])on[n+]1OC(C)=O. The highest BCUT2D eigenvalue weighted by molar-refractivity contribution is 5.65. The molecule has 0 bridgehead atoms. The van der Waals surface area contributed by atoms with Crippen LogP contribution in [-0.2, 0) is 11.2 Å². The van der Waals surface area contributed by atoms with Crippen LogP contribution in [-0.4, -0.2) is 11.2 Å². The molecule has 0 unspecified atom stereocenters. The van der Waals surface area contributed by atoms with Gasteiger partial charge < -0.3 is 10.3 Å². The first-order chi connectivity index (χ1) is 6.15. The van der Waals surface area contributed by atoms with Crippen LogP contribution in [0, 0.1) is 0 Å². The van der Waals surface area contributed by atoms with Crippen molar-refractivity contribution in [3.63, 3.8) is 0 Å². The third-order valence-electron chi connectivity index (χ3n) is 1.40. The summed E-state index contributed by atoms with van der Waals surface area (Å²) in [5, 5.41) is 3.39. The molecule has 1 aromatic rings. The normalized spacial score (nSPS) is 10.0. The Balaban J connectivity index is 2.86. The van der Waals surface area contributed by atoms with Gasteiger partial charge in [-0.25, -0.2) is 4.79 Å². The number of nitrogens with zero attached hydrogens (tertiary/aromatic N) is 2. The van der Waals surface area contributed by atoms with Crippen LogP contribution in [0.15, 0.2) is 4.52 Å². The molecular formula is C7H11N3O3. The summed E-state index contributed by atoms with van der Waals surface area (Å²) < 4.78 is 4.55. The van der Waals surface area contributed by atoms with E-state index in [0.717, 1.165) is 11.3 Å². The zero-order valence-corrected chi connectivity index (χ0v) is 7.53. The zero-order chi connectivity index (χ0) is 9.84. The maximum Gasteiger partial charge on any atom is 0.380 e. The quantitative estimate of drug-likeness (QED) is 0.645. The average molecular weight is 185 g/mol. The molecule has 0 spiro atoms. The Bertz CT molecular complexity index is 308. The third-order valence-corrected chi connectivity index (χ3v) is 1.40. The predicted octanol–water partition coefficient (Wildman–Crippen LogP) is 0.573. The minimum absolute atomic E-state index is 0.0666. The van der Waals surface area contributed by atoms with Crippen molar-refractivity contribution in [1.29, 1.82) is 0 Å². The summed E-state index contributed by atoms with van der Waals surface area (Å²) in [5.41, 5.74) is 7.77. The van der Waals surface area contributed by atoms with Crippen molar-refractivity contribution in [3.05, 3.63) is 11.4 Å². The maximum atomic E-state index is 10.6. The average Bonchev–Trinajstić information content (AvgIpc) is 2.35. The minimum atomic E-state index is -0.490. The number of hydrogen-bond donors (Lipinski definition) is 0. The van der Waals surface area contributed by atoms with Crippen LogP contribution in [0.3, 0.4) is 0 Å². The summed E-state index contributed by atoms with van der Waals surface area (Å²) in [4.78, 5) is 16.2. The van der Waals surface area contributed by atoms with Crippen LogP contribution >= 0.6 is 0 Å². The van der Waals surface area contributed by atoms with Crippen molar-refractivity contribution in [2.24, 2.45) is 0 Å². The molecule has 13 heavy (non-hydrogen) atoms. The van der Waals surface area contributed by atoms with Gasteiger partial charge in [0.05, 0.1) is 0 Å². The van der Waals surface area contributed by atoms with E-state index in [1.54, 1.807) is 0 Å². The lowest BCUT2D eigenvalue weighted by atomic mass is 10.3. The molecule has 6 heteroatoms. The second-order valence-electron chi connectivity index (χ2n) is 2.55. The van der Waals surface area contributed by atoms with E-state index >= 15 is 0 Å². The lowest BCUT2D eigenvalue weighted by molar-refractivity contribution is -0.924. The van der Waals surface area contributed by atoms with E-state index in [1.165, 1.54) is 6.92 Å². The highest BCUT2D eigenvalue weighted by Crippen LogP contribution is 2.13. The van der Waals surface area contributed by atoms with Gasteiger partial charge in [0.15, 0.2) is 4.85 Å². The van der Waals surface area contributed by atoms with E-state index in [2.05, 4.69) is 14.6 Å². The van der Waals surface area contributed by atoms with Gasteiger partial charge in [-0.1, -0.05) is 6.92 Å². The standard InChI is InChI=1S/C7H11N3O3/c1-3-4-6-7(8)12-9-10(6)13-5(2)11/h3-4H2,1-2H3,(H-,8,9). The smallest absolute Gasteiger partial charge is 0.380 e. The first-order valence-electron chi connectivity index (χ1n) is 3.96. The number of carbonyl (C=O) groups is 1. The fourth-order valence-electron chi connectivity index (χ4n) is 0.906. The zero-order valence-electron chi connectivity index (χ0n) is 7.53. The monoisotopic (exact) mass is 185 g/mol. The molecular weight excluding hydrogens is 174 g/mol. The van der Waals surface area contributed by atoms with Gasteiger partial charge in [-0.3, -0.25) is 0 Å². The van der Waals surface area contributed by atoms with Gasteiger partial charge in [0.1, 0.15) is 5.88 Å². The lowest BCUT2D eigenvalue weighted by Crippen LogP contribution is -2.49. The third kappa shape index (κ3) is 2.17. The molecule has 0 aliphatic rings. The Morgan fingerprint density at radius 1 is 1.77 bits per heavy atom. The predicted molar refractivity (Wildman–Crippen MR) is 41.9 cm³/mol. The number of carbonyl (C=O) groups excluding carboxylic acids is 1. The number of hydrogen-bond acceptors (Lipinski definition) is 4. The van der Waals surface area contributed by atoms with Crippen molar-refractivity contribution in [1.82, 2.24) is 5.27 Å². The largest absolute Gasteiger partial charge is 0.660 e. The molecule has 0 amide bonds. The van der Waals surface area contributed by atoms with E-state index in [9.17, 15) is 4.79 Å². The molecule has 1 rings (SSSR count). The Morgan fingerprint density at radius 3 is 3.00 bits per heavy atom. The summed E-state index contributed by atoms with van der Waals surface area (Å²) in [5.74, 6) is -0.557. The topological polar surface area (TPSA) is 80.0 Å². The second-order valence-corrected chi connectivity index (χ2v) is 2.55. The molecule has 0 radical (unpaired) electrons. The number of rotatable bonds is 3. The van der Waals surface area contributed by atoms with Crippen molar-refractivity contribution in [3.8, 4) is 0 Å². The van der Waals surface area contributed by atoms with Gasteiger partial charge >= 0.3 is 5.97 Å². The fraction of sp³-hybridized carbons (Fsp3) is 0.571. The molecule has 72 valence electrons.